The minimum absolute atomic E-state index is 0.0410. The summed E-state index contributed by atoms with van der Waals surface area (Å²) in [5.41, 5.74) is 2.07. The van der Waals surface area contributed by atoms with Gasteiger partial charge in [0.2, 0.25) is 0 Å². The van der Waals surface area contributed by atoms with Crippen LogP contribution in [0.4, 0.5) is 0 Å². The highest BCUT2D eigenvalue weighted by Gasteiger charge is 2.44. The van der Waals surface area contributed by atoms with Crippen molar-refractivity contribution in [2.75, 3.05) is 13.1 Å². The lowest BCUT2D eigenvalue weighted by Gasteiger charge is -2.51. The highest BCUT2D eigenvalue weighted by atomic mass is 16.5. The van der Waals surface area contributed by atoms with Gasteiger partial charge >= 0.3 is 5.97 Å². The number of hydrogen-bond donors (Lipinski definition) is 0. The zero-order valence-corrected chi connectivity index (χ0v) is 18.4. The molecule has 4 heteroatoms. The predicted molar refractivity (Wildman–Crippen MR) is 124 cm³/mol. The van der Waals surface area contributed by atoms with Crippen LogP contribution in [-0.4, -0.2) is 35.0 Å². The SMILES string of the molecule is C=CC1CN2CCC1CC2C(OC(=O)CCC1CCCC1)c1ccnc2ccccc12. The minimum Gasteiger partial charge on any atom is -0.456 e. The van der Waals surface area contributed by atoms with Gasteiger partial charge in [-0.05, 0) is 55.7 Å². The fraction of sp³-hybridized carbons (Fsp3) is 0.556. The summed E-state index contributed by atoms with van der Waals surface area (Å²) in [6.07, 6.45) is 12.7. The number of benzene rings is 1. The number of carbonyl (C=O) groups is 1. The standard InChI is InChI=1S/C27H34N2O2/c1-2-20-18-29-16-14-21(20)17-25(29)27(31-26(30)12-11-19-7-3-4-8-19)23-13-15-28-24-10-6-5-9-22(23)24/h2,5-6,9-10,13,15,19-21,25,27H,1,3-4,7-8,11-12,14,16-18H2. The molecule has 5 atom stereocenters. The van der Waals surface area contributed by atoms with Gasteiger partial charge < -0.3 is 4.74 Å². The summed E-state index contributed by atoms with van der Waals surface area (Å²) in [7, 11) is 0. The number of pyridine rings is 1. The molecular weight excluding hydrogens is 384 g/mol. The molecule has 6 rings (SSSR count). The van der Waals surface area contributed by atoms with Gasteiger partial charge in [0.05, 0.1) is 11.6 Å². The Morgan fingerprint density at radius 2 is 2.06 bits per heavy atom. The van der Waals surface area contributed by atoms with Crippen molar-refractivity contribution in [3.8, 4) is 0 Å². The molecule has 31 heavy (non-hydrogen) atoms. The number of hydrogen-bond acceptors (Lipinski definition) is 4. The summed E-state index contributed by atoms with van der Waals surface area (Å²) in [6.45, 7) is 6.17. The lowest BCUT2D eigenvalue weighted by Crippen LogP contribution is -2.55. The van der Waals surface area contributed by atoms with Crippen molar-refractivity contribution in [3.05, 3.63) is 54.7 Å². The van der Waals surface area contributed by atoms with Gasteiger partial charge in [0.15, 0.2) is 0 Å². The van der Waals surface area contributed by atoms with Gasteiger partial charge in [0.25, 0.3) is 0 Å². The molecule has 1 aromatic carbocycles. The van der Waals surface area contributed by atoms with E-state index in [1.54, 1.807) is 0 Å². The first-order valence-electron chi connectivity index (χ1n) is 12.1. The van der Waals surface area contributed by atoms with Crippen LogP contribution in [0.15, 0.2) is 49.2 Å². The van der Waals surface area contributed by atoms with Gasteiger partial charge in [-0.3, -0.25) is 14.7 Å². The molecule has 2 bridgehead atoms. The highest BCUT2D eigenvalue weighted by Crippen LogP contribution is 2.43. The lowest BCUT2D eigenvalue weighted by molar-refractivity contribution is -0.157. The van der Waals surface area contributed by atoms with E-state index in [0.717, 1.165) is 42.4 Å². The molecule has 2 aromatic rings. The van der Waals surface area contributed by atoms with Gasteiger partial charge in [-0.2, -0.15) is 0 Å². The Bertz CT molecular complexity index is 930. The number of piperidine rings is 3. The summed E-state index contributed by atoms with van der Waals surface area (Å²) in [6, 6.07) is 10.5. The largest absolute Gasteiger partial charge is 0.456 e. The van der Waals surface area contributed by atoms with E-state index in [9.17, 15) is 4.79 Å². The Kier molecular flexibility index (Phi) is 6.08. The van der Waals surface area contributed by atoms with Crippen molar-refractivity contribution in [2.24, 2.45) is 17.8 Å². The molecule has 1 aromatic heterocycles. The normalized spacial score (nSPS) is 29.2. The van der Waals surface area contributed by atoms with Gasteiger partial charge in [-0.15, -0.1) is 6.58 Å². The quantitative estimate of drug-likeness (QED) is 0.428. The molecule has 3 saturated heterocycles. The summed E-state index contributed by atoms with van der Waals surface area (Å²) in [5, 5.41) is 1.10. The van der Waals surface area contributed by atoms with E-state index in [4.69, 9.17) is 4.74 Å². The number of esters is 1. The first kappa shape index (κ1) is 20.7. The van der Waals surface area contributed by atoms with E-state index in [1.165, 1.54) is 32.1 Å². The third kappa shape index (κ3) is 4.27. The smallest absolute Gasteiger partial charge is 0.306 e. The van der Waals surface area contributed by atoms with Crippen molar-refractivity contribution in [3.63, 3.8) is 0 Å². The third-order valence-electron chi connectivity index (χ3n) is 7.98. The van der Waals surface area contributed by atoms with Crippen LogP contribution in [0.3, 0.4) is 0 Å². The van der Waals surface area contributed by atoms with Crippen molar-refractivity contribution in [1.82, 2.24) is 9.88 Å². The zero-order valence-electron chi connectivity index (χ0n) is 18.4. The number of aromatic nitrogens is 1. The van der Waals surface area contributed by atoms with Crippen molar-refractivity contribution in [2.45, 2.75) is 63.5 Å². The molecule has 1 saturated carbocycles. The number of fused-ring (bicyclic) bond motifs is 4. The van der Waals surface area contributed by atoms with Gasteiger partial charge in [-0.1, -0.05) is 50.0 Å². The predicted octanol–water partition coefficient (Wildman–Crippen LogP) is 5.69. The zero-order chi connectivity index (χ0) is 21.2. The van der Waals surface area contributed by atoms with E-state index in [-0.39, 0.29) is 18.1 Å². The third-order valence-corrected chi connectivity index (χ3v) is 7.98. The van der Waals surface area contributed by atoms with Crippen molar-refractivity contribution < 1.29 is 9.53 Å². The first-order chi connectivity index (χ1) is 15.2. The van der Waals surface area contributed by atoms with Crippen molar-refractivity contribution >= 4 is 16.9 Å². The van der Waals surface area contributed by atoms with E-state index < -0.39 is 0 Å². The molecule has 164 valence electrons. The summed E-state index contributed by atoms with van der Waals surface area (Å²) in [5.74, 6) is 1.86. The van der Waals surface area contributed by atoms with Crippen molar-refractivity contribution in [1.29, 1.82) is 0 Å². The maximum absolute atomic E-state index is 13.0. The molecule has 4 nitrogen and oxygen atoms in total. The highest BCUT2D eigenvalue weighted by molar-refractivity contribution is 5.82. The molecule has 4 aliphatic rings. The fourth-order valence-corrected chi connectivity index (χ4v) is 6.23. The van der Waals surface area contributed by atoms with Gasteiger partial charge in [0, 0.05) is 30.1 Å². The average Bonchev–Trinajstić information content (AvgIpc) is 3.35. The minimum atomic E-state index is -0.238. The van der Waals surface area contributed by atoms with E-state index in [2.05, 4.69) is 34.7 Å². The second-order valence-corrected chi connectivity index (χ2v) is 9.76. The molecule has 3 aliphatic heterocycles. The maximum Gasteiger partial charge on any atom is 0.306 e. The van der Waals surface area contributed by atoms with Crippen LogP contribution in [0.1, 0.15) is 63.0 Å². The molecule has 1 aliphatic carbocycles. The average molecular weight is 419 g/mol. The van der Waals surface area contributed by atoms with E-state index in [1.807, 2.05) is 24.4 Å². The number of rotatable bonds is 7. The number of carbonyl (C=O) groups excluding carboxylic acids is 1. The second kappa shape index (κ2) is 9.12. The monoisotopic (exact) mass is 418 g/mol. The second-order valence-electron chi connectivity index (χ2n) is 9.76. The molecular formula is C27H34N2O2. The van der Waals surface area contributed by atoms with E-state index >= 15 is 0 Å². The Morgan fingerprint density at radius 3 is 2.84 bits per heavy atom. The molecule has 5 unspecified atom stereocenters. The van der Waals surface area contributed by atoms with Gasteiger partial charge in [0.1, 0.15) is 6.10 Å². The van der Waals surface area contributed by atoms with Crippen LogP contribution in [0.25, 0.3) is 10.9 Å². The first-order valence-corrected chi connectivity index (χ1v) is 12.1. The molecule has 0 radical (unpaired) electrons. The Hall–Kier alpha value is -2.20. The number of ether oxygens (including phenoxy) is 1. The summed E-state index contributed by atoms with van der Waals surface area (Å²) < 4.78 is 6.33. The molecule has 4 fully saturated rings. The fourth-order valence-electron chi connectivity index (χ4n) is 6.23. The number of nitrogens with zero attached hydrogens (tertiary/aromatic N) is 2. The molecule has 4 heterocycles. The Balaban J connectivity index is 1.41. The Labute approximate surface area is 185 Å². The topological polar surface area (TPSA) is 42.4 Å². The summed E-state index contributed by atoms with van der Waals surface area (Å²) >= 11 is 0. The van der Waals surface area contributed by atoms with Crippen LogP contribution in [0.5, 0.6) is 0 Å². The molecule has 0 spiro atoms. The number of para-hydroxylation sites is 1. The molecule has 0 N–H and O–H groups in total. The van der Waals surface area contributed by atoms with Crippen LogP contribution >= 0.6 is 0 Å². The Morgan fingerprint density at radius 1 is 1.23 bits per heavy atom. The van der Waals surface area contributed by atoms with Crippen LogP contribution in [0.2, 0.25) is 0 Å². The van der Waals surface area contributed by atoms with E-state index in [0.29, 0.717) is 24.2 Å². The van der Waals surface area contributed by atoms with Gasteiger partial charge in [-0.25, -0.2) is 0 Å². The van der Waals surface area contributed by atoms with Crippen LogP contribution < -0.4 is 0 Å². The lowest BCUT2D eigenvalue weighted by atomic mass is 9.73. The maximum atomic E-state index is 13.0. The van der Waals surface area contributed by atoms with Crippen LogP contribution in [-0.2, 0) is 9.53 Å². The van der Waals surface area contributed by atoms with Crippen LogP contribution in [0, 0.1) is 17.8 Å². The summed E-state index contributed by atoms with van der Waals surface area (Å²) in [4.78, 5) is 20.1. The molecule has 0 amide bonds.